The summed E-state index contributed by atoms with van der Waals surface area (Å²) >= 11 is 1.74. The number of thiophene rings is 1. The summed E-state index contributed by atoms with van der Waals surface area (Å²) in [6, 6.07) is 6.54. The Labute approximate surface area is 131 Å². The van der Waals surface area contributed by atoms with Gasteiger partial charge in [-0.15, -0.1) is 11.3 Å². The Morgan fingerprint density at radius 2 is 2.00 bits per heavy atom. The molecule has 1 saturated carbocycles. The minimum atomic E-state index is -0.611. The average molecular weight is 304 g/mol. The predicted octanol–water partition coefficient (Wildman–Crippen LogP) is 4.19. The van der Waals surface area contributed by atoms with Crippen LogP contribution in [0.2, 0.25) is 0 Å². The van der Waals surface area contributed by atoms with Crippen molar-refractivity contribution in [2.75, 3.05) is 0 Å². The molecule has 0 aromatic carbocycles. The van der Waals surface area contributed by atoms with Crippen molar-refractivity contribution < 1.29 is 4.79 Å². The monoisotopic (exact) mass is 304 g/mol. The third-order valence-corrected chi connectivity index (χ3v) is 5.14. The number of nitriles is 1. The van der Waals surface area contributed by atoms with E-state index in [4.69, 9.17) is 0 Å². The highest BCUT2D eigenvalue weighted by atomic mass is 32.1. The molecule has 0 unspecified atom stereocenters. The van der Waals surface area contributed by atoms with Gasteiger partial charge in [-0.25, -0.2) is 0 Å². The molecule has 1 fully saturated rings. The lowest BCUT2D eigenvalue weighted by Gasteiger charge is -2.29. The zero-order chi connectivity index (χ0) is 15.0. The minimum Gasteiger partial charge on any atom is -0.338 e. The lowest BCUT2D eigenvalue weighted by atomic mass is 9.85. The van der Waals surface area contributed by atoms with Crippen molar-refractivity contribution in [1.29, 1.82) is 5.26 Å². The highest BCUT2D eigenvalue weighted by molar-refractivity contribution is 7.09. The van der Waals surface area contributed by atoms with Crippen molar-refractivity contribution in [2.24, 2.45) is 0 Å². The molecule has 0 bridgehead atoms. The third-order valence-electron chi connectivity index (χ3n) is 4.21. The van der Waals surface area contributed by atoms with Gasteiger partial charge in [0.05, 0.1) is 6.07 Å². The summed E-state index contributed by atoms with van der Waals surface area (Å²) in [4.78, 5) is 13.5. The second kappa shape index (κ2) is 8.19. The molecule has 1 aliphatic carbocycles. The van der Waals surface area contributed by atoms with E-state index in [9.17, 15) is 10.1 Å². The maximum Gasteiger partial charge on any atom is 0.221 e. The molecule has 3 nitrogen and oxygen atoms in total. The lowest BCUT2D eigenvalue weighted by Crippen LogP contribution is -2.47. The quantitative estimate of drug-likeness (QED) is 0.886. The van der Waals surface area contributed by atoms with Gasteiger partial charge in [0.15, 0.2) is 0 Å². The normalized spacial score (nSPS) is 18.2. The number of hydrogen-bond donors (Lipinski definition) is 1. The van der Waals surface area contributed by atoms with Gasteiger partial charge in [0.1, 0.15) is 5.54 Å². The van der Waals surface area contributed by atoms with E-state index in [0.717, 1.165) is 38.5 Å². The molecule has 1 aromatic heterocycles. The second-order valence-corrected chi connectivity index (χ2v) is 6.98. The molecule has 1 amide bonds. The van der Waals surface area contributed by atoms with Crippen molar-refractivity contribution >= 4 is 17.2 Å². The van der Waals surface area contributed by atoms with Crippen LogP contribution in [-0.4, -0.2) is 11.4 Å². The summed E-state index contributed by atoms with van der Waals surface area (Å²) in [6.07, 6.45) is 9.64. The second-order valence-electron chi connectivity index (χ2n) is 5.94. The Morgan fingerprint density at radius 1 is 1.29 bits per heavy atom. The predicted molar refractivity (Wildman–Crippen MR) is 86.1 cm³/mol. The number of carbonyl (C=O) groups is 1. The zero-order valence-electron chi connectivity index (χ0n) is 12.6. The van der Waals surface area contributed by atoms with Gasteiger partial charge in [-0.2, -0.15) is 5.26 Å². The maximum absolute atomic E-state index is 12.1. The number of carbonyl (C=O) groups excluding carboxylic acids is 1. The van der Waals surface area contributed by atoms with Crippen LogP contribution in [0.5, 0.6) is 0 Å². The molecule has 4 heteroatoms. The third kappa shape index (κ3) is 5.17. The van der Waals surface area contributed by atoms with Gasteiger partial charge >= 0.3 is 0 Å². The Hall–Kier alpha value is -1.34. The molecule has 2 rings (SSSR count). The number of rotatable bonds is 5. The van der Waals surface area contributed by atoms with Crippen LogP contribution in [0.25, 0.3) is 0 Å². The Kier molecular flexibility index (Phi) is 6.25. The molecular formula is C17H24N2OS. The van der Waals surface area contributed by atoms with Gasteiger partial charge in [0, 0.05) is 11.3 Å². The van der Waals surface area contributed by atoms with Crippen LogP contribution >= 0.6 is 11.3 Å². The standard InChI is InChI=1S/C17H24N2OS/c18-14-17(11-4-2-1-3-5-12-17)19-16(20)10-6-8-15-9-7-13-21-15/h7,9,13H,1-6,8,10-12H2,(H,19,20). The summed E-state index contributed by atoms with van der Waals surface area (Å²) in [6.45, 7) is 0. The minimum absolute atomic E-state index is 0.0358. The molecule has 21 heavy (non-hydrogen) atoms. The summed E-state index contributed by atoms with van der Waals surface area (Å²) in [5.74, 6) is 0.0358. The molecule has 1 aromatic rings. The fourth-order valence-corrected chi connectivity index (χ4v) is 3.73. The molecule has 0 saturated heterocycles. The lowest BCUT2D eigenvalue weighted by molar-refractivity contribution is -0.122. The van der Waals surface area contributed by atoms with Crippen LogP contribution in [-0.2, 0) is 11.2 Å². The first-order valence-corrected chi connectivity index (χ1v) is 8.87. The molecule has 114 valence electrons. The first kappa shape index (κ1) is 16.0. The highest BCUT2D eigenvalue weighted by Crippen LogP contribution is 2.26. The van der Waals surface area contributed by atoms with Gasteiger partial charge < -0.3 is 5.32 Å². The maximum atomic E-state index is 12.1. The van der Waals surface area contributed by atoms with Crippen molar-refractivity contribution in [3.8, 4) is 6.07 Å². The molecule has 0 aliphatic heterocycles. The number of hydrogen-bond acceptors (Lipinski definition) is 3. The van der Waals surface area contributed by atoms with Crippen LogP contribution in [0.3, 0.4) is 0 Å². The van der Waals surface area contributed by atoms with E-state index in [0.29, 0.717) is 6.42 Å². The van der Waals surface area contributed by atoms with Crippen molar-refractivity contribution in [1.82, 2.24) is 5.32 Å². The number of aryl methyl sites for hydroxylation is 1. The van der Waals surface area contributed by atoms with Gasteiger partial charge in [0.2, 0.25) is 5.91 Å². The Balaban J connectivity index is 1.79. The fraction of sp³-hybridized carbons (Fsp3) is 0.647. The van der Waals surface area contributed by atoms with E-state index in [-0.39, 0.29) is 5.91 Å². The van der Waals surface area contributed by atoms with Gasteiger partial charge in [-0.1, -0.05) is 38.2 Å². The molecule has 1 N–H and O–H groups in total. The van der Waals surface area contributed by atoms with Gasteiger partial charge in [-0.3, -0.25) is 4.79 Å². The van der Waals surface area contributed by atoms with E-state index >= 15 is 0 Å². The SMILES string of the molecule is N#CC1(NC(=O)CCCc2cccs2)CCCCCCC1. The molecule has 0 spiro atoms. The van der Waals surface area contributed by atoms with Crippen LogP contribution in [0.1, 0.15) is 62.7 Å². The van der Waals surface area contributed by atoms with E-state index < -0.39 is 5.54 Å². The van der Waals surface area contributed by atoms with E-state index in [1.807, 2.05) is 6.07 Å². The molecular weight excluding hydrogens is 280 g/mol. The van der Waals surface area contributed by atoms with Gasteiger partial charge in [-0.05, 0) is 37.1 Å². The first-order valence-electron chi connectivity index (χ1n) is 7.99. The zero-order valence-corrected chi connectivity index (χ0v) is 13.4. The molecule has 0 radical (unpaired) electrons. The number of amides is 1. The van der Waals surface area contributed by atoms with Crippen LogP contribution in [0.15, 0.2) is 17.5 Å². The fourth-order valence-electron chi connectivity index (χ4n) is 2.98. The van der Waals surface area contributed by atoms with Crippen LogP contribution in [0.4, 0.5) is 0 Å². The van der Waals surface area contributed by atoms with Crippen molar-refractivity contribution in [3.63, 3.8) is 0 Å². The first-order chi connectivity index (χ1) is 10.2. The largest absolute Gasteiger partial charge is 0.338 e. The molecule has 0 atom stereocenters. The Morgan fingerprint density at radius 3 is 2.62 bits per heavy atom. The number of nitrogens with zero attached hydrogens (tertiary/aromatic N) is 1. The summed E-state index contributed by atoms with van der Waals surface area (Å²) in [5, 5.41) is 14.6. The topological polar surface area (TPSA) is 52.9 Å². The van der Waals surface area contributed by atoms with Crippen LogP contribution < -0.4 is 5.32 Å². The summed E-state index contributed by atoms with van der Waals surface area (Å²) in [7, 11) is 0. The average Bonchev–Trinajstić information content (AvgIpc) is 2.95. The van der Waals surface area contributed by atoms with Crippen LogP contribution in [0, 0.1) is 11.3 Å². The van der Waals surface area contributed by atoms with Crippen molar-refractivity contribution in [2.45, 2.75) is 69.7 Å². The van der Waals surface area contributed by atoms with E-state index in [2.05, 4.69) is 22.8 Å². The van der Waals surface area contributed by atoms with E-state index in [1.54, 1.807) is 11.3 Å². The summed E-state index contributed by atoms with van der Waals surface area (Å²) in [5.41, 5.74) is -0.611. The highest BCUT2D eigenvalue weighted by Gasteiger charge is 2.31. The Bertz CT molecular complexity index is 467. The molecule has 1 heterocycles. The van der Waals surface area contributed by atoms with Gasteiger partial charge in [0.25, 0.3) is 0 Å². The molecule has 1 aliphatic rings. The smallest absolute Gasteiger partial charge is 0.221 e. The van der Waals surface area contributed by atoms with Crippen molar-refractivity contribution in [3.05, 3.63) is 22.4 Å². The summed E-state index contributed by atoms with van der Waals surface area (Å²) < 4.78 is 0. The van der Waals surface area contributed by atoms with E-state index in [1.165, 1.54) is 24.1 Å². The number of nitrogens with one attached hydrogen (secondary N) is 1.